The molecule has 0 aliphatic carbocycles. The zero-order chi connectivity index (χ0) is 19.4. The minimum absolute atomic E-state index is 0.0426. The molecule has 2 atom stereocenters. The highest BCUT2D eigenvalue weighted by Gasteiger charge is 2.27. The first kappa shape index (κ1) is 19.0. The molecule has 1 N–H and O–H groups in total. The van der Waals surface area contributed by atoms with Gasteiger partial charge in [0.05, 0.1) is 0 Å². The quantitative estimate of drug-likeness (QED) is 0.642. The van der Waals surface area contributed by atoms with Crippen molar-refractivity contribution in [3.8, 4) is 11.4 Å². The maximum absolute atomic E-state index is 13.4. The number of halogens is 2. The van der Waals surface area contributed by atoms with E-state index in [0.29, 0.717) is 16.7 Å². The molecule has 0 aliphatic rings. The molecule has 0 aliphatic heterocycles. The topological polar surface area (TPSA) is 68.0 Å². The van der Waals surface area contributed by atoms with Crippen LogP contribution in [0.25, 0.3) is 11.4 Å². The van der Waals surface area contributed by atoms with E-state index in [1.54, 1.807) is 30.3 Å². The SMILES string of the molecule is CC[C@H](C)[C@H](NC(=O)c1cccc(F)c1)c1nc(-c2ccc(Cl)cc2)no1. The molecule has 0 spiro atoms. The lowest BCUT2D eigenvalue weighted by Gasteiger charge is -2.20. The van der Waals surface area contributed by atoms with Crippen molar-refractivity contribution in [2.45, 2.75) is 26.3 Å². The van der Waals surface area contributed by atoms with Gasteiger partial charge in [-0.2, -0.15) is 4.98 Å². The maximum atomic E-state index is 13.4. The number of benzene rings is 2. The van der Waals surface area contributed by atoms with Crippen LogP contribution in [0.5, 0.6) is 0 Å². The van der Waals surface area contributed by atoms with E-state index in [4.69, 9.17) is 16.1 Å². The summed E-state index contributed by atoms with van der Waals surface area (Å²) in [5, 5.41) is 7.50. The Hall–Kier alpha value is -2.73. The molecule has 0 fully saturated rings. The lowest BCUT2D eigenvalue weighted by Crippen LogP contribution is -2.32. The smallest absolute Gasteiger partial charge is 0.252 e. The van der Waals surface area contributed by atoms with E-state index in [0.717, 1.165) is 12.0 Å². The molecular weight excluding hydrogens is 369 g/mol. The van der Waals surface area contributed by atoms with Gasteiger partial charge in [0, 0.05) is 16.1 Å². The normalized spacial score (nSPS) is 13.2. The third-order valence-corrected chi connectivity index (χ3v) is 4.65. The third kappa shape index (κ3) is 4.52. The Balaban J connectivity index is 1.85. The number of hydrogen-bond acceptors (Lipinski definition) is 4. The van der Waals surface area contributed by atoms with E-state index >= 15 is 0 Å². The number of aromatic nitrogens is 2. The van der Waals surface area contributed by atoms with E-state index in [9.17, 15) is 9.18 Å². The molecule has 0 saturated heterocycles. The molecule has 0 saturated carbocycles. The highest BCUT2D eigenvalue weighted by molar-refractivity contribution is 6.30. The summed E-state index contributed by atoms with van der Waals surface area (Å²) < 4.78 is 18.8. The molecular formula is C20H19ClFN3O2. The number of nitrogens with one attached hydrogen (secondary N) is 1. The van der Waals surface area contributed by atoms with Gasteiger partial charge in [0.25, 0.3) is 5.91 Å². The van der Waals surface area contributed by atoms with Gasteiger partial charge in [-0.25, -0.2) is 4.39 Å². The lowest BCUT2D eigenvalue weighted by atomic mass is 9.98. The Morgan fingerprint density at radius 1 is 1.26 bits per heavy atom. The molecule has 3 rings (SSSR count). The number of carbonyl (C=O) groups is 1. The Kier molecular flexibility index (Phi) is 5.86. The monoisotopic (exact) mass is 387 g/mol. The second kappa shape index (κ2) is 8.31. The second-order valence-electron chi connectivity index (χ2n) is 6.31. The molecule has 1 aromatic heterocycles. The van der Waals surface area contributed by atoms with Crippen LogP contribution in [0, 0.1) is 11.7 Å². The number of amides is 1. The van der Waals surface area contributed by atoms with Gasteiger partial charge in [-0.15, -0.1) is 0 Å². The highest BCUT2D eigenvalue weighted by atomic mass is 35.5. The molecule has 0 bridgehead atoms. The number of rotatable bonds is 6. The van der Waals surface area contributed by atoms with Crippen LogP contribution in [0.2, 0.25) is 5.02 Å². The van der Waals surface area contributed by atoms with E-state index in [1.165, 1.54) is 18.2 Å². The molecule has 1 amide bonds. The van der Waals surface area contributed by atoms with Crippen LogP contribution in [-0.4, -0.2) is 16.0 Å². The predicted molar refractivity (Wildman–Crippen MR) is 101 cm³/mol. The Morgan fingerprint density at radius 3 is 2.67 bits per heavy atom. The van der Waals surface area contributed by atoms with Crippen LogP contribution < -0.4 is 5.32 Å². The average molecular weight is 388 g/mol. The first-order valence-corrected chi connectivity index (χ1v) is 9.01. The first-order chi connectivity index (χ1) is 13.0. The average Bonchev–Trinajstić information content (AvgIpc) is 3.15. The van der Waals surface area contributed by atoms with E-state index < -0.39 is 17.8 Å². The van der Waals surface area contributed by atoms with Crippen molar-refractivity contribution in [3.63, 3.8) is 0 Å². The van der Waals surface area contributed by atoms with Crippen LogP contribution in [0.3, 0.4) is 0 Å². The fourth-order valence-electron chi connectivity index (χ4n) is 2.62. The van der Waals surface area contributed by atoms with Crippen molar-refractivity contribution in [2.24, 2.45) is 5.92 Å². The van der Waals surface area contributed by atoms with Crippen molar-refractivity contribution in [1.82, 2.24) is 15.5 Å². The van der Waals surface area contributed by atoms with Crippen molar-refractivity contribution < 1.29 is 13.7 Å². The molecule has 140 valence electrons. The zero-order valence-corrected chi connectivity index (χ0v) is 15.7. The van der Waals surface area contributed by atoms with Crippen LogP contribution in [0.1, 0.15) is 42.6 Å². The van der Waals surface area contributed by atoms with Crippen LogP contribution in [0.4, 0.5) is 4.39 Å². The summed E-state index contributed by atoms with van der Waals surface area (Å²) >= 11 is 5.90. The zero-order valence-electron chi connectivity index (χ0n) is 14.9. The number of carbonyl (C=O) groups excluding carboxylic acids is 1. The van der Waals surface area contributed by atoms with Gasteiger partial charge in [-0.05, 0) is 48.4 Å². The van der Waals surface area contributed by atoms with Crippen LogP contribution in [0.15, 0.2) is 53.1 Å². The third-order valence-electron chi connectivity index (χ3n) is 4.40. The van der Waals surface area contributed by atoms with Crippen molar-refractivity contribution in [1.29, 1.82) is 0 Å². The lowest BCUT2D eigenvalue weighted by molar-refractivity contribution is 0.0909. The van der Waals surface area contributed by atoms with Gasteiger partial charge < -0.3 is 9.84 Å². The molecule has 3 aromatic rings. The largest absolute Gasteiger partial charge is 0.340 e. The number of nitrogens with zero attached hydrogens (tertiary/aromatic N) is 2. The van der Waals surface area contributed by atoms with E-state index in [1.807, 2.05) is 13.8 Å². The Bertz CT molecular complexity index is 927. The molecule has 0 radical (unpaired) electrons. The molecule has 5 nitrogen and oxygen atoms in total. The van der Waals surface area contributed by atoms with Crippen molar-refractivity contribution >= 4 is 17.5 Å². The Morgan fingerprint density at radius 2 is 2.00 bits per heavy atom. The minimum atomic E-state index is -0.487. The van der Waals surface area contributed by atoms with Crippen molar-refractivity contribution in [3.05, 3.63) is 70.8 Å². The van der Waals surface area contributed by atoms with Crippen LogP contribution >= 0.6 is 11.6 Å². The summed E-state index contributed by atoms with van der Waals surface area (Å²) in [5.74, 6) is -0.105. The summed E-state index contributed by atoms with van der Waals surface area (Å²) in [6, 6.07) is 12.1. The molecule has 2 aromatic carbocycles. The van der Waals surface area contributed by atoms with Gasteiger partial charge in [0.2, 0.25) is 11.7 Å². The van der Waals surface area contributed by atoms with E-state index in [2.05, 4.69) is 15.5 Å². The number of hydrogen-bond donors (Lipinski definition) is 1. The summed E-state index contributed by atoms with van der Waals surface area (Å²) in [4.78, 5) is 17.0. The molecule has 7 heteroatoms. The summed E-state index contributed by atoms with van der Waals surface area (Å²) in [6.07, 6.45) is 0.784. The first-order valence-electron chi connectivity index (χ1n) is 8.64. The van der Waals surface area contributed by atoms with Gasteiger partial charge in [-0.3, -0.25) is 4.79 Å². The Labute approximate surface area is 161 Å². The fraction of sp³-hybridized carbons (Fsp3) is 0.250. The van der Waals surface area contributed by atoms with Gasteiger partial charge in [-0.1, -0.05) is 43.1 Å². The minimum Gasteiger partial charge on any atom is -0.340 e. The fourth-order valence-corrected chi connectivity index (χ4v) is 2.74. The standard InChI is InChI=1S/C20H19ClFN3O2/c1-3-12(2)17(23-19(26)14-5-4-6-16(22)11-14)20-24-18(25-27-20)13-7-9-15(21)10-8-13/h4-12,17H,3H2,1-2H3,(H,23,26)/t12-,17-/m0/s1. The summed E-state index contributed by atoms with van der Waals surface area (Å²) in [7, 11) is 0. The van der Waals surface area contributed by atoms with Crippen molar-refractivity contribution in [2.75, 3.05) is 0 Å². The summed E-state index contributed by atoms with van der Waals surface area (Å²) in [5.41, 5.74) is 0.995. The van der Waals surface area contributed by atoms with Gasteiger partial charge >= 0.3 is 0 Å². The maximum Gasteiger partial charge on any atom is 0.252 e. The van der Waals surface area contributed by atoms with Gasteiger partial charge in [0.1, 0.15) is 11.9 Å². The molecule has 27 heavy (non-hydrogen) atoms. The van der Waals surface area contributed by atoms with Gasteiger partial charge in [0.15, 0.2) is 0 Å². The summed E-state index contributed by atoms with van der Waals surface area (Å²) in [6.45, 7) is 3.98. The van der Waals surface area contributed by atoms with E-state index in [-0.39, 0.29) is 11.5 Å². The second-order valence-corrected chi connectivity index (χ2v) is 6.75. The molecule has 0 unspecified atom stereocenters. The predicted octanol–water partition coefficient (Wildman–Crippen LogP) is 5.05. The van der Waals surface area contributed by atoms with Crippen LogP contribution in [-0.2, 0) is 0 Å². The molecule has 1 heterocycles. The highest BCUT2D eigenvalue weighted by Crippen LogP contribution is 2.26.